The van der Waals surface area contributed by atoms with E-state index in [1.807, 2.05) is 0 Å². The van der Waals surface area contributed by atoms with Gasteiger partial charge in [0.05, 0.1) is 6.10 Å². The molecule has 1 N–H and O–H groups in total. The number of methoxy groups -OCH3 is 1. The molecule has 3 nitrogen and oxygen atoms in total. The lowest BCUT2D eigenvalue weighted by Gasteiger charge is -2.32. The second-order valence-electron chi connectivity index (χ2n) is 5.34. The third-order valence-electron chi connectivity index (χ3n) is 3.82. The second kappa shape index (κ2) is 8.06. The first kappa shape index (κ1) is 14.9. The minimum Gasteiger partial charge on any atom is -0.385 e. The molecule has 1 heterocycles. The van der Waals surface area contributed by atoms with E-state index >= 15 is 0 Å². The molecule has 1 rings (SSSR count). The summed E-state index contributed by atoms with van der Waals surface area (Å²) in [5.74, 6) is 1.28. The Hall–Kier alpha value is -0.120. The molecule has 0 radical (unpaired) electrons. The predicted octanol–water partition coefficient (Wildman–Crippen LogP) is 2.45. The average molecular weight is 243 g/mol. The Bertz CT molecular complexity index is 199. The van der Waals surface area contributed by atoms with Gasteiger partial charge in [-0.3, -0.25) is 0 Å². The van der Waals surface area contributed by atoms with Crippen LogP contribution in [0.1, 0.15) is 40.0 Å². The zero-order chi connectivity index (χ0) is 12.7. The number of hydrogen-bond acceptors (Lipinski definition) is 3. The highest BCUT2D eigenvalue weighted by Crippen LogP contribution is 2.27. The summed E-state index contributed by atoms with van der Waals surface area (Å²) in [6.45, 7) is 9.67. The van der Waals surface area contributed by atoms with Crippen LogP contribution in [0.3, 0.4) is 0 Å². The second-order valence-corrected chi connectivity index (χ2v) is 5.34. The smallest absolute Gasteiger partial charge is 0.0756 e. The van der Waals surface area contributed by atoms with Crippen molar-refractivity contribution < 1.29 is 9.47 Å². The molecule has 102 valence electrons. The fourth-order valence-corrected chi connectivity index (χ4v) is 2.61. The van der Waals surface area contributed by atoms with E-state index in [2.05, 4.69) is 26.1 Å². The molecule has 0 amide bonds. The van der Waals surface area contributed by atoms with Crippen LogP contribution in [-0.2, 0) is 9.47 Å². The van der Waals surface area contributed by atoms with Crippen LogP contribution in [0.2, 0.25) is 0 Å². The van der Waals surface area contributed by atoms with Crippen LogP contribution in [-0.4, -0.2) is 39.0 Å². The fourth-order valence-electron chi connectivity index (χ4n) is 2.61. The molecule has 0 saturated carbocycles. The third kappa shape index (κ3) is 4.57. The first-order valence-corrected chi connectivity index (χ1v) is 7.04. The van der Waals surface area contributed by atoms with Crippen molar-refractivity contribution >= 4 is 0 Å². The molecular weight excluding hydrogens is 214 g/mol. The Kier molecular flexibility index (Phi) is 7.09. The molecule has 1 fully saturated rings. The van der Waals surface area contributed by atoms with E-state index < -0.39 is 0 Å². The Labute approximate surface area is 106 Å². The summed E-state index contributed by atoms with van der Waals surface area (Å²) in [5, 5.41) is 3.67. The van der Waals surface area contributed by atoms with Crippen molar-refractivity contribution in [1.29, 1.82) is 0 Å². The first-order chi connectivity index (χ1) is 8.20. The summed E-state index contributed by atoms with van der Waals surface area (Å²) in [4.78, 5) is 0. The van der Waals surface area contributed by atoms with E-state index in [0.717, 1.165) is 26.2 Å². The normalized spacial score (nSPS) is 28.2. The summed E-state index contributed by atoms with van der Waals surface area (Å²) in [6, 6.07) is 0.475. The lowest BCUT2D eigenvalue weighted by atomic mass is 9.87. The zero-order valence-electron chi connectivity index (χ0n) is 11.9. The van der Waals surface area contributed by atoms with Gasteiger partial charge in [-0.2, -0.15) is 0 Å². The molecule has 0 aromatic carbocycles. The molecule has 17 heavy (non-hydrogen) atoms. The van der Waals surface area contributed by atoms with Gasteiger partial charge >= 0.3 is 0 Å². The van der Waals surface area contributed by atoms with Crippen molar-refractivity contribution in [3.8, 4) is 0 Å². The summed E-state index contributed by atoms with van der Waals surface area (Å²) >= 11 is 0. The zero-order valence-corrected chi connectivity index (χ0v) is 11.9. The van der Waals surface area contributed by atoms with Gasteiger partial charge in [0, 0.05) is 26.4 Å². The minimum atomic E-state index is 0.383. The maximum absolute atomic E-state index is 5.92. The van der Waals surface area contributed by atoms with Crippen LogP contribution >= 0.6 is 0 Å². The van der Waals surface area contributed by atoms with Crippen molar-refractivity contribution in [2.24, 2.45) is 11.8 Å². The van der Waals surface area contributed by atoms with Crippen molar-refractivity contribution in [2.45, 2.75) is 52.2 Å². The molecule has 1 aliphatic heterocycles. The number of hydrogen-bond donors (Lipinski definition) is 1. The monoisotopic (exact) mass is 243 g/mol. The highest BCUT2D eigenvalue weighted by atomic mass is 16.5. The van der Waals surface area contributed by atoms with Gasteiger partial charge in [-0.25, -0.2) is 0 Å². The summed E-state index contributed by atoms with van der Waals surface area (Å²) in [5.41, 5.74) is 0. The van der Waals surface area contributed by atoms with Gasteiger partial charge < -0.3 is 14.8 Å². The van der Waals surface area contributed by atoms with E-state index in [1.54, 1.807) is 7.11 Å². The first-order valence-electron chi connectivity index (χ1n) is 7.04. The third-order valence-corrected chi connectivity index (χ3v) is 3.82. The predicted molar refractivity (Wildman–Crippen MR) is 71.3 cm³/mol. The largest absolute Gasteiger partial charge is 0.385 e. The van der Waals surface area contributed by atoms with Gasteiger partial charge in [0.15, 0.2) is 0 Å². The highest BCUT2D eigenvalue weighted by Gasteiger charge is 2.34. The van der Waals surface area contributed by atoms with Crippen molar-refractivity contribution in [3.05, 3.63) is 0 Å². The summed E-state index contributed by atoms with van der Waals surface area (Å²) < 4.78 is 11.1. The number of ether oxygens (including phenoxy) is 2. The average Bonchev–Trinajstić information content (AvgIpc) is 2.73. The van der Waals surface area contributed by atoms with Crippen molar-refractivity contribution in [3.63, 3.8) is 0 Å². The fraction of sp³-hybridized carbons (Fsp3) is 1.00. The molecule has 4 atom stereocenters. The standard InChI is InChI=1S/C14H29NO2/c1-5-8-15-13(11(2)6-9-16-4)14-12(3)7-10-17-14/h11-15H,5-10H2,1-4H3. The van der Waals surface area contributed by atoms with Crippen LogP contribution in [0, 0.1) is 11.8 Å². The topological polar surface area (TPSA) is 30.5 Å². The molecule has 4 unspecified atom stereocenters. The van der Waals surface area contributed by atoms with Gasteiger partial charge in [0.1, 0.15) is 0 Å². The summed E-state index contributed by atoms with van der Waals surface area (Å²) in [7, 11) is 1.77. The van der Waals surface area contributed by atoms with Crippen molar-refractivity contribution in [2.75, 3.05) is 26.9 Å². The molecule has 1 saturated heterocycles. The van der Waals surface area contributed by atoms with Crippen LogP contribution < -0.4 is 5.32 Å². The molecule has 0 aromatic heterocycles. The molecular formula is C14H29NO2. The van der Waals surface area contributed by atoms with Gasteiger partial charge in [0.25, 0.3) is 0 Å². The van der Waals surface area contributed by atoms with Crippen LogP contribution in [0.15, 0.2) is 0 Å². The highest BCUT2D eigenvalue weighted by molar-refractivity contribution is 4.88. The van der Waals surface area contributed by atoms with E-state index in [-0.39, 0.29) is 0 Å². The minimum absolute atomic E-state index is 0.383. The van der Waals surface area contributed by atoms with Gasteiger partial charge in [-0.1, -0.05) is 20.8 Å². The number of rotatable bonds is 8. The quantitative estimate of drug-likeness (QED) is 0.710. The maximum atomic E-state index is 5.92. The Morgan fingerprint density at radius 2 is 2.24 bits per heavy atom. The maximum Gasteiger partial charge on any atom is 0.0756 e. The molecule has 0 bridgehead atoms. The Morgan fingerprint density at radius 1 is 1.47 bits per heavy atom. The van der Waals surface area contributed by atoms with Crippen LogP contribution in [0.5, 0.6) is 0 Å². The van der Waals surface area contributed by atoms with E-state index in [1.165, 1.54) is 12.8 Å². The van der Waals surface area contributed by atoms with Crippen LogP contribution in [0.25, 0.3) is 0 Å². The van der Waals surface area contributed by atoms with Gasteiger partial charge in [0.2, 0.25) is 0 Å². The lowest BCUT2D eigenvalue weighted by molar-refractivity contribution is 0.0371. The molecule has 0 aromatic rings. The van der Waals surface area contributed by atoms with Gasteiger partial charge in [-0.05, 0) is 37.6 Å². The van der Waals surface area contributed by atoms with Crippen molar-refractivity contribution in [1.82, 2.24) is 5.32 Å². The number of nitrogens with one attached hydrogen (secondary N) is 1. The lowest BCUT2D eigenvalue weighted by Crippen LogP contribution is -2.47. The summed E-state index contributed by atoms with van der Waals surface area (Å²) in [6.07, 6.45) is 3.86. The van der Waals surface area contributed by atoms with E-state index in [4.69, 9.17) is 9.47 Å². The Balaban J connectivity index is 2.51. The SMILES string of the molecule is CCCNC(C(C)CCOC)C1OCCC1C. The van der Waals surface area contributed by atoms with E-state index in [0.29, 0.717) is 24.0 Å². The molecule has 3 heteroatoms. The molecule has 1 aliphatic rings. The molecule has 0 aliphatic carbocycles. The molecule has 0 spiro atoms. The van der Waals surface area contributed by atoms with E-state index in [9.17, 15) is 0 Å². The Morgan fingerprint density at radius 3 is 2.76 bits per heavy atom. The van der Waals surface area contributed by atoms with Gasteiger partial charge in [-0.15, -0.1) is 0 Å². The van der Waals surface area contributed by atoms with Crippen LogP contribution in [0.4, 0.5) is 0 Å².